The van der Waals surface area contributed by atoms with Crippen LogP contribution < -0.4 is 5.32 Å². The number of nitrogens with one attached hydrogen (secondary N) is 1. The number of hydrogen-bond donors (Lipinski definition) is 2. The van der Waals surface area contributed by atoms with Gasteiger partial charge >= 0.3 is 5.97 Å². The van der Waals surface area contributed by atoms with E-state index in [4.69, 9.17) is 16.0 Å². The van der Waals surface area contributed by atoms with Crippen molar-refractivity contribution >= 4 is 34.4 Å². The van der Waals surface area contributed by atoms with Crippen LogP contribution in [-0.4, -0.2) is 22.5 Å². The summed E-state index contributed by atoms with van der Waals surface area (Å²) in [6, 6.07) is 10.9. The molecule has 0 aliphatic heterocycles. The molecule has 5 nitrogen and oxygen atoms in total. The fourth-order valence-corrected chi connectivity index (χ4v) is 3.82. The second kappa shape index (κ2) is 6.95. The molecule has 2 N–H and O–H groups in total. The van der Waals surface area contributed by atoms with Crippen molar-refractivity contribution in [3.8, 4) is 11.3 Å². The van der Waals surface area contributed by atoms with E-state index < -0.39 is 23.2 Å². The number of rotatable bonds is 4. The Morgan fingerprint density at radius 2 is 1.79 bits per heavy atom. The van der Waals surface area contributed by atoms with Crippen molar-refractivity contribution in [3.05, 3.63) is 58.9 Å². The van der Waals surface area contributed by atoms with Crippen molar-refractivity contribution in [2.45, 2.75) is 31.2 Å². The largest absolute Gasteiger partial charge is 0.480 e. The maximum atomic E-state index is 14.1. The van der Waals surface area contributed by atoms with Crippen LogP contribution >= 0.6 is 11.6 Å². The molecule has 3 aromatic rings. The lowest BCUT2D eigenvalue weighted by Gasteiger charge is -2.25. The molecule has 1 fully saturated rings. The Morgan fingerprint density at radius 1 is 1.11 bits per heavy atom. The third kappa shape index (κ3) is 3.24. The van der Waals surface area contributed by atoms with Gasteiger partial charge in [-0.2, -0.15) is 0 Å². The molecule has 1 heterocycles. The van der Waals surface area contributed by atoms with E-state index >= 15 is 0 Å². The number of carbonyl (C=O) groups excluding carboxylic acids is 1. The summed E-state index contributed by atoms with van der Waals surface area (Å²) < 4.78 is 20.0. The van der Waals surface area contributed by atoms with Crippen LogP contribution in [0.25, 0.3) is 22.3 Å². The van der Waals surface area contributed by atoms with Crippen LogP contribution in [-0.2, 0) is 4.79 Å². The van der Waals surface area contributed by atoms with Gasteiger partial charge in [-0.15, -0.1) is 0 Å². The Balaban J connectivity index is 1.75. The topological polar surface area (TPSA) is 79.5 Å². The van der Waals surface area contributed by atoms with E-state index in [9.17, 15) is 19.1 Å². The highest BCUT2D eigenvalue weighted by molar-refractivity contribution is 6.30. The van der Waals surface area contributed by atoms with Crippen molar-refractivity contribution in [2.75, 3.05) is 0 Å². The molecule has 0 bridgehead atoms. The van der Waals surface area contributed by atoms with Crippen LogP contribution in [0.2, 0.25) is 5.02 Å². The zero-order valence-electron chi connectivity index (χ0n) is 14.8. The van der Waals surface area contributed by atoms with Gasteiger partial charge in [0.05, 0.1) is 5.56 Å². The minimum Gasteiger partial charge on any atom is -0.480 e. The molecule has 28 heavy (non-hydrogen) atoms. The first-order chi connectivity index (χ1) is 13.4. The Labute approximate surface area is 165 Å². The summed E-state index contributed by atoms with van der Waals surface area (Å²) in [7, 11) is 0. The maximum absolute atomic E-state index is 14.1. The third-order valence-corrected chi connectivity index (χ3v) is 5.43. The number of fused-ring (bicyclic) bond motifs is 1. The highest BCUT2D eigenvalue weighted by atomic mass is 35.5. The molecule has 7 heteroatoms. The van der Waals surface area contributed by atoms with E-state index in [-0.39, 0.29) is 11.1 Å². The van der Waals surface area contributed by atoms with Crippen molar-refractivity contribution in [2.24, 2.45) is 0 Å². The molecule has 2 aromatic carbocycles. The molecular weight excluding hydrogens is 385 g/mol. The summed E-state index contributed by atoms with van der Waals surface area (Å²) >= 11 is 5.90. The predicted octanol–water partition coefficient (Wildman–Crippen LogP) is 5.02. The molecule has 0 saturated heterocycles. The molecule has 1 saturated carbocycles. The molecule has 0 unspecified atom stereocenters. The Hall–Kier alpha value is -2.86. The summed E-state index contributed by atoms with van der Waals surface area (Å²) in [5.74, 6) is -1.88. The van der Waals surface area contributed by atoms with Crippen LogP contribution in [0.5, 0.6) is 0 Å². The monoisotopic (exact) mass is 401 g/mol. The zero-order chi connectivity index (χ0) is 19.9. The quantitative estimate of drug-likeness (QED) is 0.643. The lowest BCUT2D eigenvalue weighted by Crippen LogP contribution is -2.52. The SMILES string of the molecule is O=C(NC1(C(=O)O)CCCC1)c1cc(F)cc2cc(-c3ccc(Cl)cc3)oc12. The smallest absolute Gasteiger partial charge is 0.329 e. The van der Waals surface area contributed by atoms with Gasteiger partial charge in [0.25, 0.3) is 5.91 Å². The van der Waals surface area contributed by atoms with E-state index in [0.717, 1.165) is 11.6 Å². The van der Waals surface area contributed by atoms with Gasteiger partial charge in [0.2, 0.25) is 0 Å². The lowest BCUT2D eigenvalue weighted by atomic mass is 9.97. The molecular formula is C21H17ClFNO4. The van der Waals surface area contributed by atoms with E-state index in [1.807, 2.05) is 0 Å². The lowest BCUT2D eigenvalue weighted by molar-refractivity contribution is -0.144. The van der Waals surface area contributed by atoms with Crippen LogP contribution in [0.3, 0.4) is 0 Å². The second-order valence-corrected chi connectivity index (χ2v) is 7.47. The van der Waals surface area contributed by atoms with Crippen LogP contribution in [0.4, 0.5) is 4.39 Å². The van der Waals surface area contributed by atoms with E-state index in [2.05, 4.69) is 5.32 Å². The second-order valence-electron chi connectivity index (χ2n) is 7.04. The third-order valence-electron chi connectivity index (χ3n) is 5.17. The van der Waals surface area contributed by atoms with Gasteiger partial charge in [-0.25, -0.2) is 9.18 Å². The average molecular weight is 402 g/mol. The van der Waals surface area contributed by atoms with Crippen molar-refractivity contribution in [1.82, 2.24) is 5.32 Å². The number of carboxylic acids is 1. The highest BCUT2D eigenvalue weighted by Gasteiger charge is 2.43. The number of amides is 1. The molecule has 0 spiro atoms. The summed E-state index contributed by atoms with van der Waals surface area (Å²) in [5.41, 5.74) is -0.406. The van der Waals surface area contributed by atoms with E-state index in [1.165, 1.54) is 6.07 Å². The summed E-state index contributed by atoms with van der Waals surface area (Å²) in [4.78, 5) is 24.6. The molecule has 1 amide bonds. The average Bonchev–Trinajstić information content (AvgIpc) is 3.29. The first-order valence-corrected chi connectivity index (χ1v) is 9.31. The highest BCUT2D eigenvalue weighted by Crippen LogP contribution is 2.33. The van der Waals surface area contributed by atoms with Crippen LogP contribution in [0, 0.1) is 5.82 Å². The minimum absolute atomic E-state index is 0.0252. The van der Waals surface area contributed by atoms with Crippen LogP contribution in [0.1, 0.15) is 36.0 Å². The van der Waals surface area contributed by atoms with Crippen molar-refractivity contribution in [3.63, 3.8) is 0 Å². The molecule has 0 atom stereocenters. The number of hydrogen-bond acceptors (Lipinski definition) is 3. The number of benzene rings is 2. The van der Waals surface area contributed by atoms with Gasteiger partial charge < -0.3 is 14.8 Å². The van der Waals surface area contributed by atoms with Crippen molar-refractivity contribution in [1.29, 1.82) is 0 Å². The number of aliphatic carboxylic acids is 1. The van der Waals surface area contributed by atoms with Gasteiger partial charge in [0, 0.05) is 16.0 Å². The first-order valence-electron chi connectivity index (χ1n) is 8.93. The van der Waals surface area contributed by atoms with Gasteiger partial charge in [0.1, 0.15) is 22.7 Å². The van der Waals surface area contributed by atoms with Gasteiger partial charge in [-0.3, -0.25) is 4.79 Å². The fourth-order valence-electron chi connectivity index (χ4n) is 3.70. The standard InChI is InChI=1S/C21H17ClFNO4/c22-14-5-3-12(4-6-14)17-10-13-9-15(23)11-16(18(13)28-17)19(25)24-21(20(26)27)7-1-2-8-21/h3-6,9-11H,1-2,7-8H2,(H,24,25)(H,26,27). The van der Waals surface area contributed by atoms with Gasteiger partial charge in [-0.05, 0) is 55.3 Å². The Kier molecular flexibility index (Phi) is 4.59. The number of furan rings is 1. The zero-order valence-corrected chi connectivity index (χ0v) is 15.6. The molecule has 1 aromatic heterocycles. The molecule has 1 aliphatic carbocycles. The van der Waals surface area contributed by atoms with Gasteiger partial charge in [0.15, 0.2) is 0 Å². The number of carboxylic acid groups (broad SMARTS) is 1. The summed E-state index contributed by atoms with van der Waals surface area (Å²) in [5, 5.41) is 13.2. The molecule has 1 aliphatic rings. The normalized spacial score (nSPS) is 15.6. The van der Waals surface area contributed by atoms with Crippen LogP contribution in [0.15, 0.2) is 46.9 Å². The van der Waals surface area contributed by atoms with Crippen molar-refractivity contribution < 1.29 is 23.5 Å². The number of halogens is 2. The minimum atomic E-state index is -1.32. The molecule has 4 rings (SSSR count). The summed E-state index contributed by atoms with van der Waals surface area (Å²) in [6.07, 6.45) is 2.13. The molecule has 0 radical (unpaired) electrons. The van der Waals surface area contributed by atoms with E-state index in [1.54, 1.807) is 30.3 Å². The maximum Gasteiger partial charge on any atom is 0.329 e. The van der Waals surface area contributed by atoms with Gasteiger partial charge in [-0.1, -0.05) is 24.4 Å². The predicted molar refractivity (Wildman–Crippen MR) is 103 cm³/mol. The molecule has 144 valence electrons. The Morgan fingerprint density at radius 3 is 2.43 bits per heavy atom. The first kappa shape index (κ1) is 18.5. The summed E-state index contributed by atoms with van der Waals surface area (Å²) in [6.45, 7) is 0. The van der Waals surface area contributed by atoms with E-state index in [0.29, 0.717) is 41.9 Å². The number of carbonyl (C=O) groups is 2. The Bertz CT molecular complexity index is 1070. The fraction of sp³-hybridized carbons (Fsp3) is 0.238.